The Bertz CT molecular complexity index is 2040. The number of aliphatic hydroxyl groups is 4. The summed E-state index contributed by atoms with van der Waals surface area (Å²) in [6.45, 7) is 10.2. The molecule has 13 atom stereocenters. The summed E-state index contributed by atoms with van der Waals surface area (Å²) in [5.74, 6) is -5.89. The zero-order valence-electron chi connectivity index (χ0n) is 33.5. The Hall–Kier alpha value is -4.51. The predicted molar refractivity (Wildman–Crippen MR) is 201 cm³/mol. The number of benzene rings is 2. The molecule has 2 aromatic rings. The summed E-state index contributed by atoms with van der Waals surface area (Å²) in [4.78, 5) is 69.4. The number of ether oxygens (including phenoxy) is 5. The predicted octanol–water partition coefficient (Wildman–Crippen LogP) is 2.03. The molecular formula is C43H51NO14. The number of fused-ring (bicyclic) bond motifs is 5. The van der Waals surface area contributed by atoms with Crippen molar-refractivity contribution >= 4 is 29.6 Å². The van der Waals surface area contributed by atoms with Crippen LogP contribution < -0.4 is 5.32 Å². The number of rotatable bonds is 9. The van der Waals surface area contributed by atoms with E-state index in [9.17, 15) is 44.4 Å². The van der Waals surface area contributed by atoms with Gasteiger partial charge in [-0.15, -0.1) is 0 Å². The maximum Gasteiger partial charge on any atom is 0.338 e. The topological polar surface area (TPSA) is 228 Å². The summed E-state index contributed by atoms with van der Waals surface area (Å²) in [6, 6.07) is 14.8. The van der Waals surface area contributed by atoms with Gasteiger partial charge in [0.2, 0.25) is 0 Å². The van der Waals surface area contributed by atoms with Gasteiger partial charge in [0, 0.05) is 25.2 Å². The van der Waals surface area contributed by atoms with Crippen LogP contribution in [0.2, 0.25) is 0 Å². The lowest BCUT2D eigenvalue weighted by Crippen LogP contribution is -2.81. The molecule has 312 valence electrons. The molecule has 2 heterocycles. The number of amides is 1. The van der Waals surface area contributed by atoms with Crippen molar-refractivity contribution in [3.8, 4) is 0 Å². The number of aliphatic hydroxyl groups excluding tert-OH is 3. The van der Waals surface area contributed by atoms with Gasteiger partial charge in [0.25, 0.3) is 5.91 Å². The summed E-state index contributed by atoms with van der Waals surface area (Å²) < 4.78 is 29.6. The standard InChI is InChI=1S/C43H51NO14/c1-21-26(55-37(51)32(48)30(24-14-10-8-11-15-24)44-38(52)41(7)22(2)57-41)19-43(53)35(56-36(50)25-16-12-9-13-17-25)33-40(6,34(49)31(47)29(21)39(43,4)5)27(46)18-28-42(33,20-54-28)58-23(3)45/h8-17,22,26-28,30-33,35,46-48,53H,18-20H2,1-7H3,(H,44,52)/t22?,26-,27-,28+,30-,31+,32+,33?,35-,40+,41?,42-,43+/m0/s1. The van der Waals surface area contributed by atoms with Crippen molar-refractivity contribution in [3.63, 3.8) is 0 Å². The van der Waals surface area contributed by atoms with E-state index in [2.05, 4.69) is 5.32 Å². The Labute approximate surface area is 335 Å². The number of hydrogen-bond acceptors (Lipinski definition) is 14. The van der Waals surface area contributed by atoms with Crippen molar-refractivity contribution in [2.45, 2.75) is 127 Å². The van der Waals surface area contributed by atoms with E-state index in [-0.39, 0.29) is 29.7 Å². The largest absolute Gasteiger partial charge is 0.456 e. The SMILES string of the molecule is CC(=O)O[C@@]12CO[C@@H]1C[C@H](O)[C@@]1(C)C(=O)[C@H](O)C3=C(C)[C@@H](OC(=O)[C@H](O)[C@@H](NC(=O)C4(C)OC4C)c4ccccc4)C[C@@](O)([C@@H](OC(=O)c4ccccc4)C12)C3(C)C. The molecule has 4 fully saturated rings. The minimum Gasteiger partial charge on any atom is -0.456 e. The summed E-state index contributed by atoms with van der Waals surface area (Å²) in [6.07, 6.45) is -10.9. The van der Waals surface area contributed by atoms with Crippen LogP contribution in [0, 0.1) is 16.7 Å². The average Bonchev–Trinajstić information content (AvgIpc) is 3.81. The molecule has 0 radical (unpaired) electrons. The number of carbonyl (C=O) groups is 5. The second-order valence-electron chi connectivity index (χ2n) is 17.3. The Balaban J connectivity index is 1.34. The monoisotopic (exact) mass is 805 g/mol. The first-order valence-electron chi connectivity index (χ1n) is 19.5. The molecule has 3 aliphatic carbocycles. The minimum absolute atomic E-state index is 0.0552. The summed E-state index contributed by atoms with van der Waals surface area (Å²) in [5.41, 5.74) is -8.32. The molecule has 2 saturated carbocycles. The molecule has 0 spiro atoms. The number of esters is 3. The quantitative estimate of drug-likeness (QED) is 0.106. The lowest BCUT2D eigenvalue weighted by Gasteiger charge is -2.67. The summed E-state index contributed by atoms with van der Waals surface area (Å²) in [5, 5.41) is 51.8. The maximum absolute atomic E-state index is 15.0. The molecular weight excluding hydrogens is 754 g/mol. The van der Waals surface area contributed by atoms with Crippen LogP contribution >= 0.6 is 0 Å². The second kappa shape index (κ2) is 14.3. The molecule has 5 aliphatic rings. The van der Waals surface area contributed by atoms with Crippen LogP contribution in [0.1, 0.15) is 83.3 Å². The molecule has 0 aromatic heterocycles. The van der Waals surface area contributed by atoms with Crippen LogP contribution in [-0.2, 0) is 42.9 Å². The fourth-order valence-corrected chi connectivity index (χ4v) is 9.98. The normalized spacial score (nSPS) is 38.3. The highest BCUT2D eigenvalue weighted by Gasteiger charge is 2.78. The molecule has 5 N–H and O–H groups in total. The third kappa shape index (κ3) is 6.20. The maximum atomic E-state index is 15.0. The first-order valence-corrected chi connectivity index (χ1v) is 19.5. The highest BCUT2D eigenvalue weighted by Crippen LogP contribution is 2.64. The van der Waals surface area contributed by atoms with Crippen LogP contribution in [0.5, 0.6) is 0 Å². The number of ketones is 1. The van der Waals surface area contributed by atoms with E-state index in [1.54, 1.807) is 76.2 Å². The molecule has 15 heteroatoms. The third-order valence-corrected chi connectivity index (χ3v) is 13.8. The number of carbonyl (C=O) groups excluding carboxylic acids is 5. The molecule has 3 unspecified atom stereocenters. The van der Waals surface area contributed by atoms with Crippen molar-refractivity contribution < 1.29 is 68.1 Å². The lowest BCUT2D eigenvalue weighted by atomic mass is 9.44. The van der Waals surface area contributed by atoms with Crippen molar-refractivity contribution in [2.24, 2.45) is 16.7 Å². The van der Waals surface area contributed by atoms with E-state index in [1.807, 2.05) is 0 Å². The van der Waals surface area contributed by atoms with Crippen LogP contribution in [0.3, 0.4) is 0 Å². The summed E-state index contributed by atoms with van der Waals surface area (Å²) in [7, 11) is 0. The fourth-order valence-electron chi connectivity index (χ4n) is 9.98. The van der Waals surface area contributed by atoms with Crippen LogP contribution in [0.15, 0.2) is 71.8 Å². The van der Waals surface area contributed by atoms with Gasteiger partial charge in [-0.05, 0) is 56.5 Å². The molecule has 2 bridgehead atoms. The van der Waals surface area contributed by atoms with E-state index in [0.29, 0.717) is 5.56 Å². The smallest absolute Gasteiger partial charge is 0.338 e. The number of Topliss-reactive ketones (excluding diaryl/α,β-unsaturated/α-hetero) is 1. The average molecular weight is 806 g/mol. The lowest BCUT2D eigenvalue weighted by molar-refractivity contribution is -0.346. The Morgan fingerprint density at radius 2 is 1.55 bits per heavy atom. The van der Waals surface area contributed by atoms with E-state index in [0.717, 1.165) is 6.92 Å². The van der Waals surface area contributed by atoms with Gasteiger partial charge in [0.1, 0.15) is 30.0 Å². The van der Waals surface area contributed by atoms with Gasteiger partial charge in [-0.2, -0.15) is 0 Å². The Morgan fingerprint density at radius 1 is 0.948 bits per heavy atom. The van der Waals surface area contributed by atoms with E-state index in [4.69, 9.17) is 23.7 Å². The van der Waals surface area contributed by atoms with E-state index >= 15 is 0 Å². The number of epoxide rings is 1. The first-order chi connectivity index (χ1) is 27.1. The van der Waals surface area contributed by atoms with Gasteiger partial charge in [0.15, 0.2) is 23.1 Å². The third-order valence-electron chi connectivity index (χ3n) is 13.8. The molecule has 2 aliphatic heterocycles. The first kappa shape index (κ1) is 41.6. The highest BCUT2D eigenvalue weighted by molar-refractivity contribution is 5.94. The van der Waals surface area contributed by atoms with Crippen LogP contribution in [0.4, 0.5) is 0 Å². The molecule has 15 nitrogen and oxygen atoms in total. The van der Waals surface area contributed by atoms with Gasteiger partial charge >= 0.3 is 17.9 Å². The van der Waals surface area contributed by atoms with Gasteiger partial charge in [0.05, 0.1) is 41.8 Å². The Kier molecular flexibility index (Phi) is 10.3. The van der Waals surface area contributed by atoms with Crippen molar-refractivity contribution in [1.29, 1.82) is 0 Å². The van der Waals surface area contributed by atoms with Crippen LogP contribution in [0.25, 0.3) is 0 Å². The number of hydrogen-bond donors (Lipinski definition) is 5. The minimum atomic E-state index is -2.35. The van der Waals surface area contributed by atoms with Crippen LogP contribution in [-0.4, -0.2) is 116 Å². The van der Waals surface area contributed by atoms with Gasteiger partial charge in [-0.25, -0.2) is 9.59 Å². The van der Waals surface area contributed by atoms with Crippen molar-refractivity contribution in [3.05, 3.63) is 82.9 Å². The molecule has 2 aromatic carbocycles. The van der Waals surface area contributed by atoms with Crippen molar-refractivity contribution in [2.75, 3.05) is 6.61 Å². The number of nitrogens with one attached hydrogen (secondary N) is 1. The van der Waals surface area contributed by atoms with Crippen molar-refractivity contribution in [1.82, 2.24) is 5.32 Å². The van der Waals surface area contributed by atoms with Gasteiger partial charge in [-0.1, -0.05) is 62.4 Å². The fraction of sp³-hybridized carbons (Fsp3) is 0.558. The van der Waals surface area contributed by atoms with E-state index < -0.39 is 118 Å². The Morgan fingerprint density at radius 3 is 2.10 bits per heavy atom. The molecule has 7 rings (SSSR count). The molecule has 58 heavy (non-hydrogen) atoms. The zero-order valence-corrected chi connectivity index (χ0v) is 33.5. The molecule has 2 saturated heterocycles. The zero-order chi connectivity index (χ0) is 42.3. The summed E-state index contributed by atoms with van der Waals surface area (Å²) >= 11 is 0. The highest BCUT2D eigenvalue weighted by atomic mass is 16.6. The second-order valence-corrected chi connectivity index (χ2v) is 17.3. The van der Waals surface area contributed by atoms with Gasteiger partial charge < -0.3 is 49.4 Å². The molecule has 1 amide bonds. The van der Waals surface area contributed by atoms with E-state index in [1.165, 1.54) is 26.0 Å². The van der Waals surface area contributed by atoms with Gasteiger partial charge in [-0.3, -0.25) is 14.4 Å².